The zero-order valence-corrected chi connectivity index (χ0v) is 17.0. The van der Waals surface area contributed by atoms with Gasteiger partial charge in [-0.3, -0.25) is 4.79 Å². The second kappa shape index (κ2) is 7.33. The van der Waals surface area contributed by atoms with Crippen molar-refractivity contribution in [3.63, 3.8) is 0 Å². The van der Waals surface area contributed by atoms with Gasteiger partial charge in [-0.25, -0.2) is 12.4 Å². The molecule has 1 saturated heterocycles. The number of rotatable bonds is 5. The van der Waals surface area contributed by atoms with Crippen molar-refractivity contribution < 1.29 is 22.7 Å². The Morgan fingerprint density at radius 1 is 1.10 bits per heavy atom. The summed E-state index contributed by atoms with van der Waals surface area (Å²) < 4.78 is 39.3. The number of hydrogen-bond acceptors (Lipinski definition) is 7. The van der Waals surface area contributed by atoms with Crippen LogP contribution in [0.3, 0.4) is 0 Å². The maximum Gasteiger partial charge on any atom is 0.298 e. The van der Waals surface area contributed by atoms with Gasteiger partial charge in [0.1, 0.15) is 10.6 Å². The molecule has 0 spiro atoms. The lowest BCUT2D eigenvalue weighted by atomic mass is 10.1. The molecular formula is C21H21N3O5S. The van der Waals surface area contributed by atoms with E-state index in [0.29, 0.717) is 36.2 Å². The minimum Gasteiger partial charge on any atom is -0.492 e. The number of fused-ring (bicyclic) bond motifs is 2. The van der Waals surface area contributed by atoms with Crippen molar-refractivity contribution in [2.75, 3.05) is 37.7 Å². The van der Waals surface area contributed by atoms with Crippen LogP contribution in [-0.4, -0.2) is 51.6 Å². The third-order valence-corrected chi connectivity index (χ3v) is 7.28. The second-order valence-corrected chi connectivity index (χ2v) is 9.04. The zero-order valence-electron chi connectivity index (χ0n) is 16.2. The number of piperazine rings is 1. The van der Waals surface area contributed by atoms with E-state index in [2.05, 4.69) is 10.2 Å². The summed E-state index contributed by atoms with van der Waals surface area (Å²) in [6, 6.07) is 10.6. The van der Waals surface area contributed by atoms with Gasteiger partial charge in [-0.2, -0.15) is 0 Å². The highest BCUT2D eigenvalue weighted by molar-refractivity contribution is 7.90. The lowest BCUT2D eigenvalue weighted by Crippen LogP contribution is -2.43. The summed E-state index contributed by atoms with van der Waals surface area (Å²) in [6.45, 7) is 3.99. The van der Waals surface area contributed by atoms with Crippen molar-refractivity contribution in [3.05, 3.63) is 48.2 Å². The Bertz CT molecular complexity index is 1230. The monoisotopic (exact) mass is 427 g/mol. The molecule has 0 radical (unpaired) electrons. The SMILES string of the molecule is O=COc1cn(S(=O)(=O)c2cccc3c2OCC3)c2cccc(N3CCNCC3)c12. The number of benzene rings is 2. The molecule has 1 aromatic heterocycles. The summed E-state index contributed by atoms with van der Waals surface area (Å²) >= 11 is 0. The van der Waals surface area contributed by atoms with Crippen LogP contribution < -0.4 is 19.7 Å². The van der Waals surface area contributed by atoms with Crippen LogP contribution in [0.4, 0.5) is 5.69 Å². The van der Waals surface area contributed by atoms with Gasteiger partial charge in [0.2, 0.25) is 0 Å². The average Bonchev–Trinajstić information content (AvgIpc) is 3.39. The number of carbonyl (C=O) groups is 1. The first-order chi connectivity index (χ1) is 14.6. The quantitative estimate of drug-likeness (QED) is 0.621. The number of nitrogens with zero attached hydrogens (tertiary/aromatic N) is 2. The maximum atomic E-state index is 13.6. The molecule has 1 fully saturated rings. The molecule has 2 aromatic carbocycles. The van der Waals surface area contributed by atoms with Crippen molar-refractivity contribution >= 4 is 33.1 Å². The van der Waals surface area contributed by atoms with Crippen molar-refractivity contribution in [3.8, 4) is 11.5 Å². The van der Waals surface area contributed by atoms with E-state index >= 15 is 0 Å². The molecule has 3 aromatic rings. The van der Waals surface area contributed by atoms with Gasteiger partial charge >= 0.3 is 0 Å². The minimum absolute atomic E-state index is 0.111. The Hall–Kier alpha value is -3.04. The lowest BCUT2D eigenvalue weighted by Gasteiger charge is -2.30. The molecule has 3 heterocycles. The van der Waals surface area contributed by atoms with Crippen molar-refractivity contribution in [1.82, 2.24) is 9.29 Å². The fourth-order valence-corrected chi connectivity index (χ4v) is 5.74. The van der Waals surface area contributed by atoms with Crippen molar-refractivity contribution in [2.24, 2.45) is 0 Å². The molecule has 30 heavy (non-hydrogen) atoms. The number of ether oxygens (including phenoxy) is 2. The molecule has 0 aliphatic carbocycles. The van der Waals surface area contributed by atoms with Gasteiger partial charge in [0.15, 0.2) is 5.75 Å². The first-order valence-corrected chi connectivity index (χ1v) is 11.3. The standard InChI is InChI=1S/C21H21N3O5S/c25-14-29-18-13-24(30(26,27)19-6-1-3-15-7-12-28-21(15)19)17-5-2-4-16(20(17)18)23-10-8-22-9-11-23/h1-6,13-14,22H,7-12H2. The first kappa shape index (κ1) is 19.0. The molecule has 9 heteroatoms. The van der Waals surface area contributed by atoms with E-state index < -0.39 is 10.0 Å². The summed E-state index contributed by atoms with van der Waals surface area (Å²) in [5.41, 5.74) is 2.17. The summed E-state index contributed by atoms with van der Waals surface area (Å²) in [7, 11) is -3.97. The molecular weight excluding hydrogens is 406 g/mol. The average molecular weight is 427 g/mol. The van der Waals surface area contributed by atoms with E-state index in [1.54, 1.807) is 18.2 Å². The van der Waals surface area contributed by atoms with Crippen LogP contribution in [-0.2, 0) is 21.2 Å². The van der Waals surface area contributed by atoms with E-state index in [0.717, 1.165) is 37.4 Å². The van der Waals surface area contributed by atoms with Crippen molar-refractivity contribution in [1.29, 1.82) is 0 Å². The highest BCUT2D eigenvalue weighted by Crippen LogP contribution is 2.40. The van der Waals surface area contributed by atoms with Gasteiger partial charge < -0.3 is 19.7 Å². The Labute approximate surface area is 174 Å². The summed E-state index contributed by atoms with van der Waals surface area (Å²) in [6.07, 6.45) is 2.05. The highest BCUT2D eigenvalue weighted by atomic mass is 32.2. The Morgan fingerprint density at radius 2 is 1.90 bits per heavy atom. The van der Waals surface area contributed by atoms with Gasteiger partial charge in [-0.1, -0.05) is 18.2 Å². The van der Waals surface area contributed by atoms with Crippen LogP contribution in [0.5, 0.6) is 11.5 Å². The Morgan fingerprint density at radius 3 is 2.70 bits per heavy atom. The van der Waals surface area contributed by atoms with Crippen molar-refractivity contribution in [2.45, 2.75) is 11.3 Å². The predicted octanol–water partition coefficient (Wildman–Crippen LogP) is 1.76. The van der Waals surface area contributed by atoms with Crippen LogP contribution in [0.15, 0.2) is 47.5 Å². The lowest BCUT2D eigenvalue weighted by molar-refractivity contribution is -0.120. The van der Waals surface area contributed by atoms with Crippen LogP contribution in [0, 0.1) is 0 Å². The van der Waals surface area contributed by atoms with Crippen LogP contribution in [0.1, 0.15) is 5.56 Å². The van der Waals surface area contributed by atoms with Crippen LogP contribution >= 0.6 is 0 Å². The molecule has 2 aliphatic rings. The normalized spacial score (nSPS) is 16.3. The largest absolute Gasteiger partial charge is 0.492 e. The minimum atomic E-state index is -3.97. The van der Waals surface area contributed by atoms with Gasteiger partial charge in [0, 0.05) is 32.6 Å². The van der Waals surface area contributed by atoms with E-state index in [-0.39, 0.29) is 10.6 Å². The topological polar surface area (TPSA) is 89.9 Å². The van der Waals surface area contributed by atoms with Crippen LogP contribution in [0.25, 0.3) is 10.9 Å². The summed E-state index contributed by atoms with van der Waals surface area (Å²) in [5.74, 6) is 0.613. The molecule has 156 valence electrons. The second-order valence-electron chi connectivity index (χ2n) is 7.26. The third kappa shape index (κ3) is 2.93. The fraction of sp³-hybridized carbons (Fsp3) is 0.286. The molecule has 2 aliphatic heterocycles. The van der Waals surface area contributed by atoms with Gasteiger partial charge in [0.25, 0.3) is 16.5 Å². The van der Waals surface area contributed by atoms with E-state index in [1.165, 1.54) is 10.2 Å². The van der Waals surface area contributed by atoms with E-state index in [9.17, 15) is 13.2 Å². The van der Waals surface area contributed by atoms with Gasteiger partial charge in [-0.15, -0.1) is 0 Å². The Kier molecular flexibility index (Phi) is 4.63. The molecule has 0 amide bonds. The number of carbonyl (C=O) groups excluding carboxylic acids is 1. The molecule has 0 atom stereocenters. The Balaban J connectivity index is 1.72. The van der Waals surface area contributed by atoms with E-state index in [4.69, 9.17) is 9.47 Å². The third-order valence-electron chi connectivity index (χ3n) is 5.59. The fourth-order valence-electron chi connectivity index (χ4n) is 4.21. The number of nitrogens with one attached hydrogen (secondary N) is 1. The van der Waals surface area contributed by atoms with Gasteiger partial charge in [0.05, 0.1) is 29.4 Å². The zero-order chi connectivity index (χ0) is 20.7. The molecule has 0 unspecified atom stereocenters. The number of aromatic nitrogens is 1. The van der Waals surface area contributed by atoms with E-state index in [1.807, 2.05) is 18.2 Å². The molecule has 1 N–H and O–H groups in total. The maximum absolute atomic E-state index is 13.6. The molecule has 0 bridgehead atoms. The molecule has 5 rings (SSSR count). The number of para-hydroxylation sites is 1. The highest BCUT2D eigenvalue weighted by Gasteiger charge is 2.30. The molecule has 8 nitrogen and oxygen atoms in total. The first-order valence-electron chi connectivity index (χ1n) is 9.81. The smallest absolute Gasteiger partial charge is 0.298 e. The van der Waals surface area contributed by atoms with Crippen LogP contribution in [0.2, 0.25) is 0 Å². The summed E-state index contributed by atoms with van der Waals surface area (Å²) in [5, 5.41) is 3.90. The molecule has 0 saturated carbocycles. The predicted molar refractivity (Wildman–Crippen MR) is 112 cm³/mol. The summed E-state index contributed by atoms with van der Waals surface area (Å²) in [4.78, 5) is 13.4. The number of anilines is 1. The number of hydrogen-bond donors (Lipinski definition) is 1. The van der Waals surface area contributed by atoms with Gasteiger partial charge in [-0.05, 0) is 23.8 Å².